The zero-order chi connectivity index (χ0) is 26.3. The minimum absolute atomic E-state index is 0.0256. The van der Waals surface area contributed by atoms with Gasteiger partial charge in [-0.1, -0.05) is 140 Å². The summed E-state index contributed by atoms with van der Waals surface area (Å²) in [5, 5.41) is 0.0256. The summed E-state index contributed by atoms with van der Waals surface area (Å²) in [6, 6.07) is 52.7. The third kappa shape index (κ3) is 3.52. The van der Waals surface area contributed by atoms with Gasteiger partial charge in [0.2, 0.25) is 0 Å². The molecule has 0 aromatic heterocycles. The van der Waals surface area contributed by atoms with Crippen LogP contribution in [0.3, 0.4) is 0 Å². The van der Waals surface area contributed by atoms with E-state index in [4.69, 9.17) is 0 Å². The Morgan fingerprint density at radius 3 is 1.49 bits per heavy atom. The van der Waals surface area contributed by atoms with Crippen molar-refractivity contribution in [2.75, 3.05) is 0 Å². The summed E-state index contributed by atoms with van der Waals surface area (Å²) in [6.45, 7) is 0. The molecule has 2 aliphatic carbocycles. The fourth-order valence-corrected chi connectivity index (χ4v) is 8.47. The fraction of sp³-hybridized carbons (Fsp3) is 0.108. The average molecular weight is 521 g/mol. The molecule has 2 heteroatoms. The zero-order valence-corrected chi connectivity index (χ0v) is 22.4. The number of benzene rings is 5. The largest absolute Gasteiger partial charge is 0.297 e. The molecule has 2 aliphatic rings. The van der Waals surface area contributed by atoms with E-state index in [9.17, 15) is 0 Å². The van der Waals surface area contributed by atoms with Crippen LogP contribution in [0.4, 0.5) is 0 Å². The maximum Gasteiger partial charge on any atom is 0.163 e. The lowest BCUT2D eigenvalue weighted by Crippen LogP contribution is -2.40. The molecule has 3 unspecified atom stereocenters. The van der Waals surface area contributed by atoms with E-state index in [-0.39, 0.29) is 5.25 Å². The number of ketones is 1. The van der Waals surface area contributed by atoms with Crippen LogP contribution in [-0.4, -0.2) is 11.0 Å². The molecule has 1 nitrogen and oxygen atoms in total. The van der Waals surface area contributed by atoms with Gasteiger partial charge in [-0.15, -0.1) is 11.8 Å². The minimum Gasteiger partial charge on any atom is -0.297 e. The number of hydrogen-bond acceptors (Lipinski definition) is 2. The number of thioether (sulfide) groups is 1. The molecule has 1 fully saturated rings. The van der Waals surface area contributed by atoms with Gasteiger partial charge < -0.3 is 0 Å². The van der Waals surface area contributed by atoms with Gasteiger partial charge in [-0.2, -0.15) is 0 Å². The van der Waals surface area contributed by atoms with Crippen molar-refractivity contribution in [1.29, 1.82) is 0 Å². The summed E-state index contributed by atoms with van der Waals surface area (Å²) in [5.74, 6) is 0.290. The Morgan fingerprint density at radius 1 is 0.513 bits per heavy atom. The number of Topliss-reactive ketones (excluding diaryl/α,β-unsaturated/α-hetero) is 1. The first-order valence-electron chi connectivity index (χ1n) is 13.5. The van der Waals surface area contributed by atoms with Crippen LogP contribution in [0.1, 0.15) is 28.7 Å². The Kier molecular flexibility index (Phi) is 5.86. The number of fused-ring (bicyclic) bond motifs is 2. The molecule has 0 saturated heterocycles. The molecule has 0 radical (unpaired) electrons. The summed E-state index contributed by atoms with van der Waals surface area (Å²) < 4.78 is 0. The molecule has 0 amide bonds. The standard InChI is InChI=1S/C37H28OS/c38-35-36(29-20-10-3-11-21-29)26-32(39-31-24-14-5-15-25-31)37(35,30-22-12-4-13-23-30)34(28-18-8-2-9-19-28)33(36)27-16-6-1-7-17-27/h1-25,32H,26H2. The highest BCUT2D eigenvalue weighted by molar-refractivity contribution is 8.00. The molecule has 1 saturated carbocycles. The van der Waals surface area contributed by atoms with Crippen molar-refractivity contribution in [3.05, 3.63) is 174 Å². The second kappa shape index (κ2) is 9.55. The molecule has 0 spiro atoms. The van der Waals surface area contributed by atoms with Crippen molar-refractivity contribution < 1.29 is 4.79 Å². The minimum atomic E-state index is -0.801. The van der Waals surface area contributed by atoms with E-state index in [1.54, 1.807) is 0 Å². The molecule has 5 aromatic carbocycles. The van der Waals surface area contributed by atoms with Crippen molar-refractivity contribution in [2.45, 2.75) is 27.4 Å². The molecule has 188 valence electrons. The monoisotopic (exact) mass is 520 g/mol. The number of carbonyl (C=O) groups is 1. The summed E-state index contributed by atoms with van der Waals surface area (Å²) in [5.41, 5.74) is 5.13. The first-order chi connectivity index (χ1) is 19.3. The normalized spacial score (nSPS) is 23.8. The van der Waals surface area contributed by atoms with E-state index in [1.807, 2.05) is 23.9 Å². The zero-order valence-electron chi connectivity index (χ0n) is 21.5. The Labute approximate surface area is 234 Å². The Morgan fingerprint density at radius 2 is 0.949 bits per heavy atom. The highest BCUT2D eigenvalue weighted by atomic mass is 32.2. The number of carbonyl (C=O) groups excluding carboxylic acids is 1. The molecule has 39 heavy (non-hydrogen) atoms. The third-order valence-corrected chi connectivity index (χ3v) is 9.78. The third-order valence-electron chi connectivity index (χ3n) is 8.43. The van der Waals surface area contributed by atoms with Gasteiger partial charge in [0.05, 0.1) is 10.8 Å². The summed E-state index contributed by atoms with van der Waals surface area (Å²) in [7, 11) is 0. The first kappa shape index (κ1) is 23.9. The van der Waals surface area contributed by atoms with Crippen molar-refractivity contribution in [3.63, 3.8) is 0 Å². The number of allylic oxidation sites excluding steroid dienone is 2. The topological polar surface area (TPSA) is 17.1 Å². The molecule has 2 bridgehead atoms. The molecular formula is C37H28OS. The molecule has 7 rings (SSSR count). The molecular weight excluding hydrogens is 492 g/mol. The summed E-state index contributed by atoms with van der Waals surface area (Å²) in [6.07, 6.45) is 0.741. The highest BCUT2D eigenvalue weighted by Gasteiger charge is 2.72. The van der Waals surface area contributed by atoms with Gasteiger partial charge in [-0.25, -0.2) is 0 Å². The van der Waals surface area contributed by atoms with E-state index in [0.29, 0.717) is 5.78 Å². The SMILES string of the molecule is O=C1C2(c3ccccc3)CC(Sc3ccccc3)C1(c1ccccc1)C(c1ccccc1)=C2c1ccccc1. The predicted molar refractivity (Wildman–Crippen MR) is 162 cm³/mol. The molecule has 5 aromatic rings. The second-order valence-electron chi connectivity index (χ2n) is 10.4. The number of hydrogen-bond donors (Lipinski definition) is 0. The Bertz CT molecular complexity index is 1650. The number of rotatable bonds is 6. The Hall–Kier alpha value is -4.14. The lowest BCUT2D eigenvalue weighted by Gasteiger charge is -2.39. The van der Waals surface area contributed by atoms with E-state index in [1.165, 1.54) is 4.90 Å². The van der Waals surface area contributed by atoms with Gasteiger partial charge >= 0.3 is 0 Å². The van der Waals surface area contributed by atoms with Crippen molar-refractivity contribution in [2.24, 2.45) is 0 Å². The summed E-state index contributed by atoms with van der Waals surface area (Å²) in [4.78, 5) is 16.7. The van der Waals surface area contributed by atoms with Gasteiger partial charge in [0.25, 0.3) is 0 Å². The van der Waals surface area contributed by atoms with Gasteiger partial charge in [0.1, 0.15) is 0 Å². The van der Waals surface area contributed by atoms with E-state index >= 15 is 4.79 Å². The smallest absolute Gasteiger partial charge is 0.163 e. The van der Waals surface area contributed by atoms with Crippen LogP contribution >= 0.6 is 11.8 Å². The van der Waals surface area contributed by atoms with Crippen molar-refractivity contribution >= 4 is 28.7 Å². The predicted octanol–water partition coefficient (Wildman–Crippen LogP) is 8.62. The van der Waals surface area contributed by atoms with Gasteiger partial charge in [0.15, 0.2) is 5.78 Å². The fourth-order valence-electron chi connectivity index (χ4n) is 6.95. The van der Waals surface area contributed by atoms with Crippen molar-refractivity contribution in [3.8, 4) is 0 Å². The summed E-state index contributed by atoms with van der Waals surface area (Å²) >= 11 is 1.85. The van der Waals surface area contributed by atoms with Crippen LogP contribution in [0.25, 0.3) is 11.1 Å². The quantitative estimate of drug-likeness (QED) is 0.223. The highest BCUT2D eigenvalue weighted by Crippen LogP contribution is 2.70. The van der Waals surface area contributed by atoms with E-state index in [2.05, 4.69) is 140 Å². The van der Waals surface area contributed by atoms with Crippen LogP contribution in [0.15, 0.2) is 157 Å². The van der Waals surface area contributed by atoms with Crippen LogP contribution in [0, 0.1) is 0 Å². The van der Waals surface area contributed by atoms with Crippen LogP contribution in [0.5, 0.6) is 0 Å². The van der Waals surface area contributed by atoms with E-state index < -0.39 is 10.8 Å². The lowest BCUT2D eigenvalue weighted by molar-refractivity contribution is -0.122. The lowest BCUT2D eigenvalue weighted by atomic mass is 9.67. The van der Waals surface area contributed by atoms with Gasteiger partial charge in [-0.3, -0.25) is 4.79 Å². The van der Waals surface area contributed by atoms with Crippen molar-refractivity contribution in [1.82, 2.24) is 0 Å². The van der Waals surface area contributed by atoms with Crippen LogP contribution in [-0.2, 0) is 15.6 Å². The first-order valence-corrected chi connectivity index (χ1v) is 14.4. The molecule has 0 N–H and O–H groups in total. The molecule has 3 atom stereocenters. The maximum atomic E-state index is 15.5. The Balaban J connectivity index is 1.62. The average Bonchev–Trinajstić information content (AvgIpc) is 3.40. The van der Waals surface area contributed by atoms with Crippen LogP contribution < -0.4 is 0 Å². The molecule has 0 aliphatic heterocycles. The van der Waals surface area contributed by atoms with Gasteiger partial charge in [0, 0.05) is 10.1 Å². The molecule has 0 heterocycles. The second-order valence-corrected chi connectivity index (χ2v) is 11.7. The van der Waals surface area contributed by atoms with Gasteiger partial charge in [-0.05, 0) is 52.0 Å². The van der Waals surface area contributed by atoms with E-state index in [0.717, 1.165) is 39.8 Å². The van der Waals surface area contributed by atoms with Crippen LogP contribution in [0.2, 0.25) is 0 Å². The maximum absolute atomic E-state index is 15.5.